The van der Waals surface area contributed by atoms with Crippen molar-refractivity contribution in [1.82, 2.24) is 15.6 Å². The number of amides is 1. The molecule has 6 heteroatoms. The fourth-order valence-corrected chi connectivity index (χ4v) is 1.91. The average molecular weight is 314 g/mol. The molecular formula is C17H22N4O2. The van der Waals surface area contributed by atoms with Crippen LogP contribution in [-0.2, 0) is 5.41 Å². The number of aromatic nitrogens is 2. The van der Waals surface area contributed by atoms with Crippen molar-refractivity contribution >= 4 is 12.1 Å². The molecule has 122 valence electrons. The van der Waals surface area contributed by atoms with Gasteiger partial charge in [-0.25, -0.2) is 5.43 Å². The summed E-state index contributed by atoms with van der Waals surface area (Å²) < 4.78 is 5.50. The minimum absolute atomic E-state index is 0.0920. The summed E-state index contributed by atoms with van der Waals surface area (Å²) in [5, 5.41) is 10.9. The summed E-state index contributed by atoms with van der Waals surface area (Å²) in [6.45, 7) is 8.63. The number of benzene rings is 1. The number of nitrogens with zero attached hydrogens (tertiary/aromatic N) is 2. The highest BCUT2D eigenvalue weighted by molar-refractivity contribution is 5.93. The Labute approximate surface area is 135 Å². The summed E-state index contributed by atoms with van der Waals surface area (Å²) in [6, 6.07) is 9.23. The Morgan fingerprint density at radius 3 is 2.78 bits per heavy atom. The molecule has 0 atom stereocenters. The van der Waals surface area contributed by atoms with Gasteiger partial charge in [0.2, 0.25) is 0 Å². The lowest BCUT2D eigenvalue weighted by atomic mass is 9.92. The van der Waals surface area contributed by atoms with Crippen LogP contribution in [0.3, 0.4) is 0 Å². The van der Waals surface area contributed by atoms with Gasteiger partial charge in [-0.3, -0.25) is 9.89 Å². The van der Waals surface area contributed by atoms with Crippen molar-refractivity contribution in [1.29, 1.82) is 0 Å². The summed E-state index contributed by atoms with van der Waals surface area (Å²) in [5.41, 5.74) is 4.39. The fourth-order valence-electron chi connectivity index (χ4n) is 1.91. The molecule has 1 aromatic carbocycles. The lowest BCUT2D eigenvalue weighted by Gasteiger charge is -2.14. The molecule has 1 amide bonds. The molecule has 2 aromatic rings. The summed E-state index contributed by atoms with van der Waals surface area (Å²) in [5.74, 6) is 0.365. The van der Waals surface area contributed by atoms with Crippen LogP contribution in [0.15, 0.2) is 35.4 Å². The molecule has 0 saturated heterocycles. The zero-order valence-electron chi connectivity index (χ0n) is 13.9. The number of carbonyl (C=O) groups excluding carboxylic acids is 1. The number of H-pyrrole nitrogens is 1. The molecule has 2 rings (SSSR count). The number of hydrazone groups is 1. The zero-order valence-corrected chi connectivity index (χ0v) is 13.9. The number of hydrogen-bond acceptors (Lipinski definition) is 4. The Hall–Kier alpha value is -2.63. The molecule has 0 bridgehead atoms. The van der Waals surface area contributed by atoms with E-state index in [1.165, 1.54) is 0 Å². The van der Waals surface area contributed by atoms with Gasteiger partial charge >= 0.3 is 0 Å². The maximum atomic E-state index is 12.0. The van der Waals surface area contributed by atoms with Gasteiger partial charge < -0.3 is 4.74 Å². The molecule has 23 heavy (non-hydrogen) atoms. The van der Waals surface area contributed by atoms with Crippen LogP contribution in [0.2, 0.25) is 0 Å². The molecule has 0 aliphatic heterocycles. The van der Waals surface area contributed by atoms with Crippen molar-refractivity contribution in [3.63, 3.8) is 0 Å². The molecule has 0 unspecified atom stereocenters. The number of para-hydroxylation sites is 1. The van der Waals surface area contributed by atoms with Crippen molar-refractivity contribution in [2.45, 2.75) is 33.1 Å². The first kappa shape index (κ1) is 16.7. The van der Waals surface area contributed by atoms with Gasteiger partial charge in [0.05, 0.1) is 12.8 Å². The summed E-state index contributed by atoms with van der Waals surface area (Å²) >= 11 is 0. The predicted octanol–water partition coefficient (Wildman–Crippen LogP) is 2.87. The Balaban J connectivity index is 2.03. The Bertz CT molecular complexity index is 699. The number of aromatic amines is 1. The van der Waals surface area contributed by atoms with Crippen molar-refractivity contribution in [3.8, 4) is 5.75 Å². The van der Waals surface area contributed by atoms with E-state index < -0.39 is 0 Å². The second-order valence-corrected chi connectivity index (χ2v) is 6.09. The summed E-state index contributed by atoms with van der Waals surface area (Å²) in [6.07, 6.45) is 1.56. The normalized spacial score (nSPS) is 11.7. The van der Waals surface area contributed by atoms with Gasteiger partial charge in [-0.15, -0.1) is 0 Å². The molecule has 1 aromatic heterocycles. The third-order valence-corrected chi connectivity index (χ3v) is 3.21. The lowest BCUT2D eigenvalue weighted by Crippen LogP contribution is -2.18. The maximum Gasteiger partial charge on any atom is 0.291 e. The van der Waals surface area contributed by atoms with Crippen LogP contribution in [0.5, 0.6) is 5.75 Å². The Morgan fingerprint density at radius 2 is 2.13 bits per heavy atom. The average Bonchev–Trinajstić information content (AvgIpc) is 2.99. The SMILES string of the molecule is CCOc1ccccc1C=NNC(=O)c1cc(C(C)(C)C)[nH]n1. The third-order valence-electron chi connectivity index (χ3n) is 3.21. The lowest BCUT2D eigenvalue weighted by molar-refractivity contribution is 0.0950. The van der Waals surface area contributed by atoms with Crippen LogP contribution < -0.4 is 10.2 Å². The molecule has 0 aliphatic rings. The Morgan fingerprint density at radius 1 is 1.39 bits per heavy atom. The van der Waals surface area contributed by atoms with Crippen LogP contribution in [0.4, 0.5) is 0 Å². The van der Waals surface area contributed by atoms with E-state index >= 15 is 0 Å². The number of hydrogen-bond donors (Lipinski definition) is 2. The maximum absolute atomic E-state index is 12.0. The second-order valence-electron chi connectivity index (χ2n) is 6.09. The summed E-state index contributed by atoms with van der Waals surface area (Å²) in [4.78, 5) is 12.0. The number of carbonyl (C=O) groups is 1. The molecule has 0 spiro atoms. The van der Waals surface area contributed by atoms with Gasteiger partial charge in [0, 0.05) is 16.7 Å². The monoisotopic (exact) mass is 314 g/mol. The highest BCUT2D eigenvalue weighted by Crippen LogP contribution is 2.20. The highest BCUT2D eigenvalue weighted by atomic mass is 16.5. The van der Waals surface area contributed by atoms with Crippen molar-refractivity contribution in [3.05, 3.63) is 47.3 Å². The van der Waals surface area contributed by atoms with Crippen LogP contribution in [0, 0.1) is 0 Å². The Kier molecular flexibility index (Phi) is 5.16. The van der Waals surface area contributed by atoms with E-state index in [1.807, 2.05) is 52.0 Å². The minimum Gasteiger partial charge on any atom is -0.493 e. The minimum atomic E-state index is -0.359. The van der Waals surface area contributed by atoms with E-state index in [0.29, 0.717) is 12.3 Å². The summed E-state index contributed by atoms with van der Waals surface area (Å²) in [7, 11) is 0. The standard InChI is InChI=1S/C17H22N4O2/c1-5-23-14-9-7-6-8-12(14)11-18-21-16(22)13-10-15(20-19-13)17(2,3)4/h6-11H,5H2,1-4H3,(H,19,20)(H,21,22). The highest BCUT2D eigenvalue weighted by Gasteiger charge is 2.19. The van der Waals surface area contributed by atoms with E-state index in [2.05, 4.69) is 20.7 Å². The molecule has 1 heterocycles. The molecule has 2 N–H and O–H groups in total. The van der Waals surface area contributed by atoms with Crippen molar-refractivity contribution in [2.75, 3.05) is 6.61 Å². The number of nitrogens with one attached hydrogen (secondary N) is 2. The molecule has 0 fully saturated rings. The van der Waals surface area contributed by atoms with Crippen molar-refractivity contribution in [2.24, 2.45) is 5.10 Å². The van der Waals surface area contributed by atoms with Gasteiger partial charge in [0.15, 0.2) is 5.69 Å². The fraction of sp³-hybridized carbons (Fsp3) is 0.353. The molecule has 0 aliphatic carbocycles. The van der Waals surface area contributed by atoms with E-state index in [1.54, 1.807) is 12.3 Å². The van der Waals surface area contributed by atoms with E-state index in [9.17, 15) is 4.79 Å². The zero-order chi connectivity index (χ0) is 16.9. The first-order chi connectivity index (χ1) is 10.9. The molecule has 6 nitrogen and oxygen atoms in total. The number of ether oxygens (including phenoxy) is 1. The van der Waals surface area contributed by atoms with Gasteiger partial charge in [0.1, 0.15) is 5.75 Å². The smallest absolute Gasteiger partial charge is 0.291 e. The van der Waals surface area contributed by atoms with Gasteiger partial charge in [-0.05, 0) is 25.1 Å². The first-order valence-corrected chi connectivity index (χ1v) is 7.53. The molecular weight excluding hydrogens is 292 g/mol. The third kappa shape index (κ3) is 4.42. The predicted molar refractivity (Wildman–Crippen MR) is 90.0 cm³/mol. The van der Waals surface area contributed by atoms with E-state index in [0.717, 1.165) is 17.0 Å². The van der Waals surface area contributed by atoms with Gasteiger partial charge in [-0.1, -0.05) is 32.9 Å². The van der Waals surface area contributed by atoms with Crippen LogP contribution >= 0.6 is 0 Å². The van der Waals surface area contributed by atoms with Crippen molar-refractivity contribution < 1.29 is 9.53 Å². The van der Waals surface area contributed by atoms with E-state index in [4.69, 9.17) is 4.74 Å². The molecule has 0 radical (unpaired) electrons. The largest absolute Gasteiger partial charge is 0.493 e. The van der Waals surface area contributed by atoms with Crippen LogP contribution in [0.25, 0.3) is 0 Å². The second kappa shape index (κ2) is 7.09. The van der Waals surface area contributed by atoms with Crippen LogP contribution in [-0.4, -0.2) is 28.9 Å². The van der Waals surface area contributed by atoms with Gasteiger partial charge in [0.25, 0.3) is 5.91 Å². The van der Waals surface area contributed by atoms with Crippen LogP contribution in [0.1, 0.15) is 49.4 Å². The number of rotatable bonds is 5. The van der Waals surface area contributed by atoms with Gasteiger partial charge in [-0.2, -0.15) is 10.2 Å². The quantitative estimate of drug-likeness (QED) is 0.658. The van der Waals surface area contributed by atoms with E-state index in [-0.39, 0.29) is 11.3 Å². The topological polar surface area (TPSA) is 79.4 Å². The first-order valence-electron chi connectivity index (χ1n) is 7.53. The molecule has 0 saturated carbocycles.